The zero-order valence-corrected chi connectivity index (χ0v) is 11.3. The highest BCUT2D eigenvalue weighted by Crippen LogP contribution is 2.26. The number of benzene rings is 1. The van der Waals surface area contributed by atoms with Crippen LogP contribution in [0, 0.1) is 0 Å². The molecule has 0 aliphatic rings. The summed E-state index contributed by atoms with van der Waals surface area (Å²) in [6, 6.07) is 11.0. The first-order valence-electron chi connectivity index (χ1n) is 6.01. The van der Waals surface area contributed by atoms with E-state index in [0.717, 1.165) is 11.3 Å². The van der Waals surface area contributed by atoms with Gasteiger partial charge < -0.3 is 4.57 Å². The van der Waals surface area contributed by atoms with E-state index in [-0.39, 0.29) is 0 Å². The quantitative estimate of drug-likeness (QED) is 0.694. The van der Waals surface area contributed by atoms with Gasteiger partial charge in [-0.25, -0.2) is 4.09 Å². The van der Waals surface area contributed by atoms with Crippen molar-refractivity contribution in [1.82, 2.24) is 13.8 Å². The van der Waals surface area contributed by atoms with Gasteiger partial charge in [-0.3, -0.25) is 0 Å². The molecule has 2 aromatic heterocycles. The van der Waals surface area contributed by atoms with Crippen LogP contribution in [0.15, 0.2) is 42.7 Å². The third-order valence-corrected chi connectivity index (χ3v) is 3.37. The van der Waals surface area contributed by atoms with Gasteiger partial charge in [0.2, 0.25) is 0 Å². The Morgan fingerprint density at radius 3 is 2.61 bits per heavy atom. The van der Waals surface area contributed by atoms with Crippen LogP contribution in [0.3, 0.4) is 0 Å². The summed E-state index contributed by atoms with van der Waals surface area (Å²) < 4.78 is 3.80. The monoisotopic (exact) mass is 257 g/mol. The molecule has 0 saturated heterocycles. The highest BCUT2D eigenvalue weighted by Gasteiger charge is 2.07. The Kier molecular flexibility index (Phi) is 2.67. The summed E-state index contributed by atoms with van der Waals surface area (Å²) in [6.45, 7) is 4.38. The largest absolute Gasteiger partial charge is 0.345 e. The zero-order chi connectivity index (χ0) is 12.7. The Bertz CT molecular complexity index is 694. The van der Waals surface area contributed by atoms with E-state index in [0.29, 0.717) is 6.04 Å². The van der Waals surface area contributed by atoms with Crippen LogP contribution in [0.25, 0.3) is 22.2 Å². The van der Waals surface area contributed by atoms with E-state index in [2.05, 4.69) is 66.8 Å². The molecule has 0 aliphatic carbocycles. The van der Waals surface area contributed by atoms with Crippen molar-refractivity contribution in [2.75, 3.05) is 0 Å². The van der Waals surface area contributed by atoms with E-state index in [1.54, 1.807) is 0 Å². The molecule has 0 bridgehead atoms. The molecule has 92 valence electrons. The second kappa shape index (κ2) is 4.21. The van der Waals surface area contributed by atoms with Gasteiger partial charge in [-0.1, -0.05) is 12.1 Å². The molecule has 2 heterocycles. The van der Waals surface area contributed by atoms with E-state index in [1.165, 1.54) is 15.0 Å². The molecular weight excluding hydrogens is 242 g/mol. The van der Waals surface area contributed by atoms with Crippen molar-refractivity contribution in [2.45, 2.75) is 19.9 Å². The third-order valence-electron chi connectivity index (χ3n) is 3.15. The van der Waals surface area contributed by atoms with Crippen LogP contribution < -0.4 is 0 Å². The summed E-state index contributed by atoms with van der Waals surface area (Å²) in [5, 5.41) is 5.58. The van der Waals surface area contributed by atoms with Crippen LogP contribution in [0.5, 0.6) is 0 Å². The normalized spacial score (nSPS) is 11.6. The van der Waals surface area contributed by atoms with Gasteiger partial charge in [0, 0.05) is 29.5 Å². The Hall–Kier alpha value is -1.68. The Morgan fingerprint density at radius 2 is 1.94 bits per heavy atom. The maximum Gasteiger partial charge on any atom is 0.0934 e. The topological polar surface area (TPSA) is 22.8 Å². The fourth-order valence-corrected chi connectivity index (χ4v) is 2.39. The number of hydrogen-bond donors (Lipinski definition) is 1. The molecule has 1 aromatic carbocycles. The molecule has 0 radical (unpaired) electrons. The second-order valence-electron chi connectivity index (χ2n) is 4.71. The molecule has 3 nitrogen and oxygen atoms in total. The van der Waals surface area contributed by atoms with Crippen molar-refractivity contribution in [3.05, 3.63) is 42.7 Å². The van der Waals surface area contributed by atoms with Gasteiger partial charge in [-0.2, -0.15) is 5.10 Å². The van der Waals surface area contributed by atoms with Crippen molar-refractivity contribution < 1.29 is 0 Å². The molecule has 4 heteroatoms. The minimum atomic E-state index is 0.459. The lowest BCUT2D eigenvalue weighted by molar-refractivity contribution is 0.623. The zero-order valence-electron chi connectivity index (χ0n) is 10.4. The smallest absolute Gasteiger partial charge is 0.0934 e. The number of fused-ring (bicyclic) bond motifs is 1. The molecule has 0 N–H and O–H groups in total. The lowest BCUT2D eigenvalue weighted by Gasteiger charge is -2.09. The van der Waals surface area contributed by atoms with Crippen LogP contribution in [0.1, 0.15) is 19.9 Å². The van der Waals surface area contributed by atoms with Gasteiger partial charge in [0.25, 0.3) is 0 Å². The fourth-order valence-electron chi connectivity index (χ4n) is 2.23. The van der Waals surface area contributed by atoms with Gasteiger partial charge in [-0.15, -0.1) is 0 Å². The first-order valence-corrected chi connectivity index (χ1v) is 6.41. The Labute approximate surface area is 112 Å². The van der Waals surface area contributed by atoms with Crippen LogP contribution in [-0.4, -0.2) is 13.8 Å². The molecule has 3 rings (SSSR count). The summed E-state index contributed by atoms with van der Waals surface area (Å²) in [4.78, 5) is 0. The SMILES string of the molecule is CC(C)n1ccc2ccc(-c3ccn(S)n3)cc21. The predicted octanol–water partition coefficient (Wildman–Crippen LogP) is 3.78. The first-order chi connectivity index (χ1) is 8.65. The lowest BCUT2D eigenvalue weighted by Crippen LogP contribution is -1.97. The van der Waals surface area contributed by atoms with Crippen molar-refractivity contribution >= 4 is 23.7 Å². The molecule has 0 saturated carbocycles. The third kappa shape index (κ3) is 1.82. The molecule has 0 aliphatic heterocycles. The Morgan fingerprint density at radius 1 is 1.11 bits per heavy atom. The first kappa shape index (κ1) is 11.4. The van der Waals surface area contributed by atoms with Gasteiger partial charge in [0.1, 0.15) is 0 Å². The summed E-state index contributed by atoms with van der Waals surface area (Å²) in [7, 11) is 0. The maximum absolute atomic E-state index is 4.32. The molecule has 0 amide bonds. The molecule has 0 atom stereocenters. The number of thiol groups is 1. The average molecular weight is 257 g/mol. The standard InChI is InChI=1S/C14H15N3S/c1-10(2)16-7-5-11-3-4-12(9-14(11)16)13-6-8-17(18)15-13/h3-10,18H,1-2H3. The Balaban J connectivity index is 2.17. The minimum Gasteiger partial charge on any atom is -0.345 e. The average Bonchev–Trinajstić information content (AvgIpc) is 2.93. The van der Waals surface area contributed by atoms with E-state index >= 15 is 0 Å². The molecule has 0 spiro atoms. The molecule has 3 aromatic rings. The van der Waals surface area contributed by atoms with Gasteiger partial charge in [-0.05, 0) is 50.2 Å². The van der Waals surface area contributed by atoms with Gasteiger partial charge in [0.15, 0.2) is 0 Å². The van der Waals surface area contributed by atoms with E-state index in [1.807, 2.05) is 12.3 Å². The predicted molar refractivity (Wildman–Crippen MR) is 77.9 cm³/mol. The van der Waals surface area contributed by atoms with Crippen molar-refractivity contribution in [1.29, 1.82) is 0 Å². The van der Waals surface area contributed by atoms with Crippen LogP contribution in [0.4, 0.5) is 0 Å². The van der Waals surface area contributed by atoms with Crippen molar-refractivity contribution in [2.24, 2.45) is 0 Å². The van der Waals surface area contributed by atoms with Crippen LogP contribution in [-0.2, 0) is 0 Å². The highest BCUT2D eigenvalue weighted by atomic mass is 32.1. The van der Waals surface area contributed by atoms with Crippen LogP contribution in [0.2, 0.25) is 0 Å². The van der Waals surface area contributed by atoms with E-state index in [9.17, 15) is 0 Å². The number of nitrogens with zero attached hydrogens (tertiary/aromatic N) is 3. The molecule has 0 unspecified atom stereocenters. The highest BCUT2D eigenvalue weighted by molar-refractivity contribution is 7.78. The van der Waals surface area contributed by atoms with Crippen LogP contribution >= 0.6 is 12.8 Å². The minimum absolute atomic E-state index is 0.459. The number of rotatable bonds is 2. The van der Waals surface area contributed by atoms with Gasteiger partial charge in [0.05, 0.1) is 5.69 Å². The second-order valence-corrected chi connectivity index (χ2v) is 5.12. The molecule has 18 heavy (non-hydrogen) atoms. The van der Waals surface area contributed by atoms with Crippen molar-refractivity contribution in [3.63, 3.8) is 0 Å². The lowest BCUT2D eigenvalue weighted by atomic mass is 10.1. The van der Waals surface area contributed by atoms with Crippen molar-refractivity contribution in [3.8, 4) is 11.3 Å². The number of hydrogen-bond acceptors (Lipinski definition) is 2. The fraction of sp³-hybridized carbons (Fsp3) is 0.214. The summed E-state index contributed by atoms with van der Waals surface area (Å²) in [5.41, 5.74) is 3.32. The maximum atomic E-state index is 4.32. The molecular formula is C14H15N3S. The summed E-state index contributed by atoms with van der Waals surface area (Å²) >= 11 is 4.17. The number of aromatic nitrogens is 3. The van der Waals surface area contributed by atoms with E-state index in [4.69, 9.17) is 0 Å². The molecule has 0 fully saturated rings. The summed E-state index contributed by atoms with van der Waals surface area (Å²) in [5.74, 6) is 0. The van der Waals surface area contributed by atoms with E-state index < -0.39 is 0 Å². The summed E-state index contributed by atoms with van der Waals surface area (Å²) in [6.07, 6.45) is 3.97. The van der Waals surface area contributed by atoms with Gasteiger partial charge >= 0.3 is 0 Å².